The van der Waals surface area contributed by atoms with Gasteiger partial charge in [0.05, 0.1) is 29.0 Å². The number of anilines is 2. The number of hydrogen-bond donors (Lipinski definition) is 0. The van der Waals surface area contributed by atoms with E-state index in [1.807, 2.05) is 18.7 Å². The van der Waals surface area contributed by atoms with Gasteiger partial charge in [0, 0.05) is 23.5 Å². The first-order valence-electron chi connectivity index (χ1n) is 8.65. The maximum atomic E-state index is 12.7. The minimum atomic E-state index is -4.69. The van der Waals surface area contributed by atoms with E-state index in [0.29, 0.717) is 28.8 Å². The van der Waals surface area contributed by atoms with Crippen molar-refractivity contribution in [2.24, 2.45) is 0 Å². The maximum absolute atomic E-state index is 12.7. The SMILES string of the molecule is Cc1cnc(C)c(N(Cc2ccc(-c3noc(C(F)(F)F)n3)s2)c2cnccn2)n1. The summed E-state index contributed by atoms with van der Waals surface area (Å²) in [6, 6.07) is 3.43. The molecule has 30 heavy (non-hydrogen) atoms. The second kappa shape index (κ2) is 7.78. The van der Waals surface area contributed by atoms with Crippen LogP contribution in [0, 0.1) is 13.8 Å². The first kappa shape index (κ1) is 19.9. The van der Waals surface area contributed by atoms with Crippen LogP contribution >= 0.6 is 11.3 Å². The van der Waals surface area contributed by atoms with E-state index in [2.05, 4.69) is 34.6 Å². The molecule has 0 atom stereocenters. The second-order valence-corrected chi connectivity index (χ2v) is 7.43. The molecule has 0 saturated heterocycles. The van der Waals surface area contributed by atoms with Crippen LogP contribution in [0.5, 0.6) is 0 Å². The summed E-state index contributed by atoms with van der Waals surface area (Å²) in [6.45, 7) is 4.03. The van der Waals surface area contributed by atoms with Crippen LogP contribution in [0.2, 0.25) is 0 Å². The Morgan fingerprint density at radius 3 is 2.60 bits per heavy atom. The standard InChI is InChI=1S/C18H14F3N7OS/c1-10-7-24-11(2)16(25-10)28(14-8-22-5-6-23-14)9-12-3-4-13(30-12)15-26-17(29-27-15)18(19,20)21/h3-8H,9H2,1-2H3. The molecule has 0 amide bonds. The zero-order valence-electron chi connectivity index (χ0n) is 15.8. The third-order valence-corrected chi connectivity index (χ3v) is 5.06. The topological polar surface area (TPSA) is 93.7 Å². The van der Waals surface area contributed by atoms with Gasteiger partial charge in [0.1, 0.15) is 0 Å². The Morgan fingerprint density at radius 2 is 1.90 bits per heavy atom. The van der Waals surface area contributed by atoms with Crippen molar-refractivity contribution in [2.75, 3.05) is 4.90 Å². The van der Waals surface area contributed by atoms with Gasteiger partial charge in [-0.1, -0.05) is 5.16 Å². The zero-order valence-corrected chi connectivity index (χ0v) is 16.6. The van der Waals surface area contributed by atoms with E-state index in [4.69, 9.17) is 0 Å². The number of aromatic nitrogens is 6. The second-order valence-electron chi connectivity index (χ2n) is 6.26. The summed E-state index contributed by atoms with van der Waals surface area (Å²) >= 11 is 1.25. The molecule has 4 aromatic rings. The van der Waals surface area contributed by atoms with Crippen molar-refractivity contribution in [1.82, 2.24) is 30.1 Å². The normalized spacial score (nSPS) is 11.6. The van der Waals surface area contributed by atoms with Gasteiger partial charge in [0.15, 0.2) is 11.6 Å². The molecule has 0 aliphatic heterocycles. The van der Waals surface area contributed by atoms with E-state index in [9.17, 15) is 13.2 Å². The molecule has 0 radical (unpaired) electrons. The lowest BCUT2D eigenvalue weighted by Gasteiger charge is -2.23. The number of nitrogens with zero attached hydrogens (tertiary/aromatic N) is 7. The Labute approximate surface area is 172 Å². The monoisotopic (exact) mass is 433 g/mol. The Morgan fingerprint density at radius 1 is 1.07 bits per heavy atom. The molecule has 0 aliphatic rings. The third-order valence-electron chi connectivity index (χ3n) is 4.00. The highest BCUT2D eigenvalue weighted by Crippen LogP contribution is 2.33. The average Bonchev–Trinajstić information content (AvgIpc) is 3.38. The molecular formula is C18H14F3N7OS. The van der Waals surface area contributed by atoms with Gasteiger partial charge < -0.3 is 9.42 Å². The summed E-state index contributed by atoms with van der Waals surface area (Å²) < 4.78 is 42.5. The largest absolute Gasteiger partial charge is 0.471 e. The Balaban J connectivity index is 1.66. The molecule has 4 rings (SSSR count). The Hall–Kier alpha value is -3.41. The molecule has 154 valence electrons. The maximum Gasteiger partial charge on any atom is 0.471 e. The van der Waals surface area contributed by atoms with Gasteiger partial charge in [-0.2, -0.15) is 18.2 Å². The molecule has 0 unspecified atom stereocenters. The van der Waals surface area contributed by atoms with E-state index in [1.54, 1.807) is 36.9 Å². The minimum Gasteiger partial charge on any atom is -0.329 e. The minimum absolute atomic E-state index is 0.115. The summed E-state index contributed by atoms with van der Waals surface area (Å²) in [5.41, 5.74) is 1.44. The van der Waals surface area contributed by atoms with Crippen LogP contribution in [0.25, 0.3) is 10.7 Å². The fourth-order valence-corrected chi connectivity index (χ4v) is 3.58. The highest BCUT2D eigenvalue weighted by Gasteiger charge is 2.38. The van der Waals surface area contributed by atoms with Crippen molar-refractivity contribution >= 4 is 23.0 Å². The fraction of sp³-hybridized carbons (Fsp3) is 0.222. The molecule has 8 nitrogen and oxygen atoms in total. The van der Waals surface area contributed by atoms with Crippen LogP contribution < -0.4 is 4.90 Å². The van der Waals surface area contributed by atoms with Crippen molar-refractivity contribution in [3.8, 4) is 10.7 Å². The van der Waals surface area contributed by atoms with Gasteiger partial charge >= 0.3 is 12.1 Å². The van der Waals surface area contributed by atoms with E-state index < -0.39 is 12.1 Å². The number of hydrogen-bond acceptors (Lipinski definition) is 9. The van der Waals surface area contributed by atoms with Crippen LogP contribution in [0.1, 0.15) is 22.2 Å². The van der Waals surface area contributed by atoms with Gasteiger partial charge in [0.25, 0.3) is 0 Å². The van der Waals surface area contributed by atoms with Gasteiger partial charge in [-0.05, 0) is 26.0 Å². The van der Waals surface area contributed by atoms with E-state index in [0.717, 1.165) is 10.6 Å². The molecule has 0 fully saturated rings. The smallest absolute Gasteiger partial charge is 0.329 e. The van der Waals surface area contributed by atoms with Crippen molar-refractivity contribution in [3.05, 3.63) is 59.1 Å². The summed E-state index contributed by atoms with van der Waals surface area (Å²) in [4.78, 5) is 24.0. The summed E-state index contributed by atoms with van der Waals surface area (Å²) in [5.74, 6) is -0.311. The summed E-state index contributed by atoms with van der Waals surface area (Å²) in [5, 5.41) is 3.43. The Kier molecular flexibility index (Phi) is 5.16. The van der Waals surface area contributed by atoms with Crippen LogP contribution in [-0.4, -0.2) is 30.1 Å². The number of alkyl halides is 3. The van der Waals surface area contributed by atoms with Crippen LogP contribution in [0.15, 0.2) is 41.4 Å². The van der Waals surface area contributed by atoms with Crippen molar-refractivity contribution in [1.29, 1.82) is 0 Å². The molecule has 0 bridgehead atoms. The fourth-order valence-electron chi connectivity index (χ4n) is 2.65. The molecule has 0 aromatic carbocycles. The average molecular weight is 433 g/mol. The van der Waals surface area contributed by atoms with Gasteiger partial charge in [0.2, 0.25) is 5.82 Å². The number of aryl methyl sites for hydroxylation is 2. The Bertz CT molecular complexity index is 1160. The van der Waals surface area contributed by atoms with E-state index >= 15 is 0 Å². The van der Waals surface area contributed by atoms with Crippen molar-refractivity contribution in [2.45, 2.75) is 26.6 Å². The van der Waals surface area contributed by atoms with Gasteiger partial charge in [-0.25, -0.2) is 9.97 Å². The zero-order chi connectivity index (χ0) is 21.3. The van der Waals surface area contributed by atoms with Gasteiger partial charge in [-0.15, -0.1) is 11.3 Å². The molecule has 12 heteroatoms. The highest BCUT2D eigenvalue weighted by molar-refractivity contribution is 7.15. The number of thiophene rings is 1. The van der Waals surface area contributed by atoms with Crippen LogP contribution in [0.3, 0.4) is 0 Å². The molecule has 0 spiro atoms. The molecule has 0 saturated carbocycles. The lowest BCUT2D eigenvalue weighted by Crippen LogP contribution is -2.20. The molecular weight excluding hydrogens is 419 g/mol. The van der Waals surface area contributed by atoms with E-state index in [1.165, 1.54) is 11.3 Å². The third kappa shape index (κ3) is 4.13. The van der Waals surface area contributed by atoms with Crippen molar-refractivity contribution < 1.29 is 17.7 Å². The summed E-state index contributed by atoms with van der Waals surface area (Å²) in [7, 11) is 0. The van der Waals surface area contributed by atoms with Crippen LogP contribution in [0.4, 0.5) is 24.8 Å². The predicted molar refractivity (Wildman–Crippen MR) is 102 cm³/mol. The highest BCUT2D eigenvalue weighted by atomic mass is 32.1. The number of rotatable bonds is 5. The predicted octanol–water partition coefficient (Wildman–Crippen LogP) is 4.35. The van der Waals surface area contributed by atoms with Crippen molar-refractivity contribution in [3.63, 3.8) is 0 Å². The number of halogens is 3. The molecule has 4 heterocycles. The van der Waals surface area contributed by atoms with Gasteiger partial charge in [-0.3, -0.25) is 9.97 Å². The molecule has 0 N–H and O–H groups in total. The molecule has 0 aliphatic carbocycles. The first-order chi connectivity index (χ1) is 14.3. The quantitative estimate of drug-likeness (QED) is 0.459. The molecule has 4 aromatic heterocycles. The first-order valence-corrected chi connectivity index (χ1v) is 9.46. The lowest BCUT2D eigenvalue weighted by molar-refractivity contribution is -0.159. The summed E-state index contributed by atoms with van der Waals surface area (Å²) in [6.07, 6.45) is 1.72. The van der Waals surface area contributed by atoms with E-state index in [-0.39, 0.29) is 5.82 Å². The lowest BCUT2D eigenvalue weighted by atomic mass is 10.3. The van der Waals surface area contributed by atoms with Crippen LogP contribution in [-0.2, 0) is 12.7 Å².